The Morgan fingerprint density at radius 1 is 1.19 bits per heavy atom. The Bertz CT molecular complexity index is 1270. The maximum atomic E-state index is 13.1. The molecule has 2 heterocycles. The number of benzene rings is 2. The quantitative estimate of drug-likeness (QED) is 0.314. The summed E-state index contributed by atoms with van der Waals surface area (Å²) in [5.41, 5.74) is 0.799. The number of nitrogens with one attached hydrogen (secondary N) is 1. The molecule has 0 unspecified atom stereocenters. The van der Waals surface area contributed by atoms with E-state index >= 15 is 0 Å². The third-order valence-corrected chi connectivity index (χ3v) is 5.68. The summed E-state index contributed by atoms with van der Waals surface area (Å²) < 4.78 is 19.9. The van der Waals surface area contributed by atoms with Crippen molar-refractivity contribution in [1.29, 1.82) is 0 Å². The molecule has 0 saturated heterocycles. The average molecular weight is 458 g/mol. The number of nitrogens with zero attached hydrogens (tertiary/aromatic N) is 2. The highest BCUT2D eigenvalue weighted by Crippen LogP contribution is 2.22. The molecule has 1 N–H and O–H groups in total. The van der Waals surface area contributed by atoms with Crippen molar-refractivity contribution in [3.63, 3.8) is 0 Å². The molecule has 9 heteroatoms. The fourth-order valence-corrected chi connectivity index (χ4v) is 4.08. The van der Waals surface area contributed by atoms with Gasteiger partial charge in [-0.1, -0.05) is 23.4 Å². The average Bonchev–Trinajstić information content (AvgIpc) is 3.25. The van der Waals surface area contributed by atoms with Crippen molar-refractivity contribution < 1.29 is 13.6 Å². The number of fused-ring (bicyclic) bond motifs is 1. The zero-order valence-electron chi connectivity index (χ0n) is 16.2. The summed E-state index contributed by atoms with van der Waals surface area (Å²) >= 11 is 7.36. The predicted octanol–water partition coefficient (Wildman–Crippen LogP) is 4.95. The molecular formula is C22H17ClFN3O3S. The van der Waals surface area contributed by atoms with E-state index < -0.39 is 0 Å². The van der Waals surface area contributed by atoms with Crippen LogP contribution >= 0.6 is 23.4 Å². The smallest absolute Gasteiger partial charge is 0.262 e. The summed E-state index contributed by atoms with van der Waals surface area (Å²) in [7, 11) is 0. The van der Waals surface area contributed by atoms with Crippen LogP contribution in [0.2, 0.25) is 5.02 Å². The zero-order chi connectivity index (χ0) is 21.8. The second-order valence-corrected chi connectivity index (χ2v) is 8.18. The molecule has 0 fully saturated rings. The lowest BCUT2D eigenvalue weighted by atomic mass is 10.2. The van der Waals surface area contributed by atoms with Gasteiger partial charge in [0.15, 0.2) is 5.16 Å². The predicted molar refractivity (Wildman–Crippen MR) is 119 cm³/mol. The third-order valence-electron chi connectivity index (χ3n) is 4.46. The lowest BCUT2D eigenvalue weighted by Gasteiger charge is -2.12. The SMILES string of the molecule is O=C(CCSc1nc2cc(Cl)ccc2c(=O)n1Cc1ccco1)Nc1ccc(F)cc1. The van der Waals surface area contributed by atoms with Crippen LogP contribution in [0.15, 0.2) is 75.2 Å². The summed E-state index contributed by atoms with van der Waals surface area (Å²) in [5, 5.41) is 4.12. The fourth-order valence-electron chi connectivity index (χ4n) is 2.97. The van der Waals surface area contributed by atoms with Crippen LogP contribution in [-0.2, 0) is 11.3 Å². The standard InChI is InChI=1S/C22H17ClFN3O3S/c23-14-3-8-18-19(12-14)26-22(27(21(18)29)13-17-2-1-10-30-17)31-11-9-20(28)25-16-6-4-15(24)5-7-16/h1-8,10,12H,9,11,13H2,(H,25,28). The number of aromatic nitrogens is 2. The minimum absolute atomic E-state index is 0.187. The van der Waals surface area contributed by atoms with Gasteiger partial charge in [-0.25, -0.2) is 9.37 Å². The second-order valence-electron chi connectivity index (χ2n) is 6.68. The number of hydrogen-bond acceptors (Lipinski definition) is 5. The van der Waals surface area contributed by atoms with Crippen molar-refractivity contribution in [3.05, 3.63) is 87.8 Å². The van der Waals surface area contributed by atoms with Crippen LogP contribution in [0.3, 0.4) is 0 Å². The van der Waals surface area contributed by atoms with Crippen LogP contribution in [0.4, 0.5) is 10.1 Å². The van der Waals surface area contributed by atoms with Crippen LogP contribution in [0.25, 0.3) is 10.9 Å². The highest BCUT2D eigenvalue weighted by Gasteiger charge is 2.14. The molecule has 31 heavy (non-hydrogen) atoms. The molecule has 0 radical (unpaired) electrons. The summed E-state index contributed by atoms with van der Waals surface area (Å²) in [4.78, 5) is 29.9. The third kappa shape index (κ3) is 5.15. The molecule has 4 rings (SSSR count). The number of furan rings is 1. The number of thioether (sulfide) groups is 1. The maximum absolute atomic E-state index is 13.1. The summed E-state index contributed by atoms with van der Waals surface area (Å²) in [5.74, 6) is 0.422. The molecule has 2 aromatic carbocycles. The molecule has 0 aliphatic carbocycles. The van der Waals surface area contributed by atoms with Gasteiger partial charge in [-0.2, -0.15) is 0 Å². The topological polar surface area (TPSA) is 77.1 Å². The molecule has 6 nitrogen and oxygen atoms in total. The Morgan fingerprint density at radius 3 is 2.74 bits per heavy atom. The summed E-state index contributed by atoms with van der Waals surface area (Å²) in [6.45, 7) is 0.224. The molecule has 0 bridgehead atoms. The summed E-state index contributed by atoms with van der Waals surface area (Å²) in [6, 6.07) is 14.0. The Labute approximate surface area is 186 Å². The Morgan fingerprint density at radius 2 is 2.00 bits per heavy atom. The molecular weight excluding hydrogens is 441 g/mol. The number of carbonyl (C=O) groups is 1. The van der Waals surface area contributed by atoms with Crippen LogP contribution in [-0.4, -0.2) is 21.2 Å². The van der Waals surface area contributed by atoms with Gasteiger partial charge >= 0.3 is 0 Å². The van der Waals surface area contributed by atoms with Crippen molar-refractivity contribution in [2.45, 2.75) is 18.1 Å². The van der Waals surface area contributed by atoms with Crippen molar-refractivity contribution in [3.8, 4) is 0 Å². The van der Waals surface area contributed by atoms with E-state index in [-0.39, 0.29) is 30.2 Å². The number of anilines is 1. The molecule has 0 saturated carbocycles. The number of hydrogen-bond donors (Lipinski definition) is 1. The van der Waals surface area contributed by atoms with Crippen LogP contribution < -0.4 is 10.9 Å². The highest BCUT2D eigenvalue weighted by molar-refractivity contribution is 7.99. The second kappa shape index (κ2) is 9.36. The van der Waals surface area contributed by atoms with E-state index in [1.54, 1.807) is 36.6 Å². The largest absolute Gasteiger partial charge is 0.467 e. The monoisotopic (exact) mass is 457 g/mol. The van der Waals surface area contributed by atoms with Gasteiger partial charge < -0.3 is 9.73 Å². The molecule has 0 spiro atoms. The molecule has 2 aromatic heterocycles. The highest BCUT2D eigenvalue weighted by atomic mass is 35.5. The Balaban J connectivity index is 1.53. The number of halogens is 2. The van der Waals surface area contributed by atoms with E-state index in [0.717, 1.165) is 0 Å². The van der Waals surface area contributed by atoms with Gasteiger partial charge in [0.25, 0.3) is 5.56 Å². The van der Waals surface area contributed by atoms with Crippen molar-refractivity contribution in [2.75, 3.05) is 11.1 Å². The zero-order valence-corrected chi connectivity index (χ0v) is 17.8. The van der Waals surface area contributed by atoms with Gasteiger partial charge in [-0.3, -0.25) is 14.2 Å². The number of carbonyl (C=O) groups excluding carboxylic acids is 1. The van der Waals surface area contributed by atoms with Gasteiger partial charge in [-0.15, -0.1) is 0 Å². The first kappa shape index (κ1) is 21.1. The van der Waals surface area contributed by atoms with Crippen molar-refractivity contribution in [1.82, 2.24) is 9.55 Å². The van der Waals surface area contributed by atoms with Gasteiger partial charge in [0, 0.05) is 22.9 Å². The molecule has 0 aliphatic heterocycles. The lowest BCUT2D eigenvalue weighted by molar-refractivity contribution is -0.115. The molecule has 1 amide bonds. The van der Waals surface area contributed by atoms with Gasteiger partial charge in [0.1, 0.15) is 11.6 Å². The van der Waals surface area contributed by atoms with Crippen molar-refractivity contribution >= 4 is 45.9 Å². The molecule has 4 aromatic rings. The van der Waals surface area contributed by atoms with E-state index in [1.807, 2.05) is 0 Å². The first-order chi connectivity index (χ1) is 15.0. The van der Waals surface area contributed by atoms with Gasteiger partial charge in [0.2, 0.25) is 5.91 Å². The van der Waals surface area contributed by atoms with Crippen LogP contribution in [0, 0.1) is 5.82 Å². The van der Waals surface area contributed by atoms with Gasteiger partial charge in [0.05, 0.1) is 23.7 Å². The minimum atomic E-state index is -0.370. The number of rotatable bonds is 7. The first-order valence-corrected chi connectivity index (χ1v) is 10.8. The lowest BCUT2D eigenvalue weighted by Crippen LogP contribution is -2.24. The summed E-state index contributed by atoms with van der Waals surface area (Å²) in [6.07, 6.45) is 1.73. The fraction of sp³-hybridized carbons (Fsp3) is 0.136. The van der Waals surface area contributed by atoms with E-state index in [2.05, 4.69) is 10.3 Å². The molecule has 158 valence electrons. The van der Waals surface area contributed by atoms with Crippen LogP contribution in [0.1, 0.15) is 12.2 Å². The maximum Gasteiger partial charge on any atom is 0.262 e. The number of amides is 1. The normalized spacial score (nSPS) is 11.0. The van der Waals surface area contributed by atoms with Crippen LogP contribution in [0.5, 0.6) is 0 Å². The minimum Gasteiger partial charge on any atom is -0.467 e. The van der Waals surface area contributed by atoms with E-state index in [9.17, 15) is 14.0 Å². The van der Waals surface area contributed by atoms with Gasteiger partial charge in [-0.05, 0) is 54.6 Å². The first-order valence-electron chi connectivity index (χ1n) is 9.40. The van der Waals surface area contributed by atoms with E-state index in [4.69, 9.17) is 16.0 Å². The Hall–Kier alpha value is -3.10. The Kier molecular flexibility index (Phi) is 6.39. The molecule has 0 aliphatic rings. The molecule has 0 atom stereocenters. The van der Waals surface area contributed by atoms with E-state index in [0.29, 0.717) is 38.3 Å². The van der Waals surface area contributed by atoms with E-state index in [1.165, 1.54) is 40.6 Å². The van der Waals surface area contributed by atoms with Crippen molar-refractivity contribution in [2.24, 2.45) is 0 Å².